The van der Waals surface area contributed by atoms with Crippen LogP contribution in [0.3, 0.4) is 0 Å². The summed E-state index contributed by atoms with van der Waals surface area (Å²) >= 11 is 1.40. The van der Waals surface area contributed by atoms with E-state index in [-0.39, 0.29) is 11.3 Å². The highest BCUT2D eigenvalue weighted by Crippen LogP contribution is 2.28. The third-order valence-corrected chi connectivity index (χ3v) is 6.62. The van der Waals surface area contributed by atoms with Crippen molar-refractivity contribution >= 4 is 27.3 Å². The molecule has 0 bridgehead atoms. The Balaban J connectivity index is 1.86. The number of sulfonamides is 1. The van der Waals surface area contributed by atoms with E-state index < -0.39 is 22.0 Å². The number of thiophene rings is 1. The Kier molecular flexibility index (Phi) is 5.03. The largest absolute Gasteiger partial charge is 0.469 e. The van der Waals surface area contributed by atoms with E-state index in [4.69, 9.17) is 4.74 Å². The van der Waals surface area contributed by atoms with Crippen LogP contribution in [0, 0.1) is 0 Å². The van der Waals surface area contributed by atoms with Crippen molar-refractivity contribution in [2.45, 2.75) is 36.6 Å². The topological polar surface area (TPSA) is 72.5 Å². The molecule has 1 heterocycles. The summed E-state index contributed by atoms with van der Waals surface area (Å²) in [6.07, 6.45) is 2.94. The summed E-state index contributed by atoms with van der Waals surface area (Å²) < 4.78 is 32.8. The summed E-state index contributed by atoms with van der Waals surface area (Å²) in [6, 6.07) is 8.27. The molecule has 1 unspecified atom stereocenters. The first-order chi connectivity index (χ1) is 11.5. The number of carbonyl (C=O) groups excluding carboxylic acids is 1. The predicted octanol–water partition coefficient (Wildman–Crippen LogP) is 2.82. The average Bonchev–Trinajstić information content (AvgIpc) is 3.24. The summed E-state index contributed by atoms with van der Waals surface area (Å²) in [5.74, 6) is -0.454. The number of hydrogen-bond donors (Lipinski definition) is 1. The van der Waals surface area contributed by atoms with Gasteiger partial charge in [-0.2, -0.15) is 0 Å². The van der Waals surface area contributed by atoms with Gasteiger partial charge in [0.25, 0.3) is 0 Å². The van der Waals surface area contributed by atoms with Gasteiger partial charge in [0.05, 0.1) is 24.5 Å². The van der Waals surface area contributed by atoms with Crippen molar-refractivity contribution in [1.82, 2.24) is 4.72 Å². The number of fused-ring (bicyclic) bond motifs is 1. The van der Waals surface area contributed by atoms with Crippen LogP contribution < -0.4 is 4.72 Å². The van der Waals surface area contributed by atoms with Crippen LogP contribution in [0.5, 0.6) is 0 Å². The van der Waals surface area contributed by atoms with Crippen molar-refractivity contribution < 1.29 is 17.9 Å². The van der Waals surface area contributed by atoms with E-state index in [9.17, 15) is 13.2 Å². The van der Waals surface area contributed by atoms with Crippen LogP contribution in [-0.4, -0.2) is 21.5 Å². The minimum Gasteiger partial charge on any atom is -0.469 e. The number of esters is 1. The number of nitrogens with one attached hydrogen (secondary N) is 1. The standard InChI is InChI=1S/C17H19NO4S2/c1-22-17(19)11-15(16-6-3-9-23-16)18-24(20,21)14-8-7-12-4-2-5-13(12)10-14/h3,6-10,15,18H,2,4-5,11H2,1H3. The Bertz CT molecular complexity index is 828. The van der Waals surface area contributed by atoms with Gasteiger partial charge in [-0.3, -0.25) is 4.79 Å². The average molecular weight is 365 g/mol. The van der Waals surface area contributed by atoms with Gasteiger partial charge < -0.3 is 4.74 Å². The fourth-order valence-electron chi connectivity index (χ4n) is 2.91. The molecule has 24 heavy (non-hydrogen) atoms. The van der Waals surface area contributed by atoms with E-state index in [1.54, 1.807) is 12.1 Å². The number of ether oxygens (including phenoxy) is 1. The molecule has 0 fully saturated rings. The highest BCUT2D eigenvalue weighted by Gasteiger charge is 2.26. The maximum atomic E-state index is 12.7. The third-order valence-electron chi connectivity index (χ3n) is 4.16. The van der Waals surface area contributed by atoms with Crippen molar-refractivity contribution in [2.24, 2.45) is 0 Å². The molecule has 1 aliphatic carbocycles. The molecular formula is C17H19NO4S2. The molecule has 0 spiro atoms. The molecule has 1 atom stereocenters. The molecular weight excluding hydrogens is 346 g/mol. The zero-order valence-corrected chi connectivity index (χ0v) is 15.0. The van der Waals surface area contributed by atoms with Crippen LogP contribution >= 0.6 is 11.3 Å². The van der Waals surface area contributed by atoms with Crippen molar-refractivity contribution in [2.75, 3.05) is 7.11 Å². The Hall–Kier alpha value is -1.70. The number of rotatable bonds is 6. The molecule has 1 aromatic carbocycles. The van der Waals surface area contributed by atoms with Gasteiger partial charge >= 0.3 is 5.97 Å². The van der Waals surface area contributed by atoms with E-state index in [0.29, 0.717) is 0 Å². The quantitative estimate of drug-likeness (QED) is 0.799. The summed E-state index contributed by atoms with van der Waals surface area (Å²) in [7, 11) is -2.42. The van der Waals surface area contributed by atoms with Crippen molar-refractivity contribution in [3.05, 3.63) is 51.7 Å². The summed E-state index contributed by atoms with van der Waals surface area (Å²) in [6.45, 7) is 0. The van der Waals surface area contributed by atoms with Gasteiger partial charge in [0.2, 0.25) is 10.0 Å². The third kappa shape index (κ3) is 3.68. The number of methoxy groups -OCH3 is 1. The smallest absolute Gasteiger partial charge is 0.307 e. The van der Waals surface area contributed by atoms with Crippen LogP contribution in [0.2, 0.25) is 0 Å². The second-order valence-electron chi connectivity index (χ2n) is 5.75. The highest BCUT2D eigenvalue weighted by molar-refractivity contribution is 7.89. The normalized spacial score (nSPS) is 15.0. The van der Waals surface area contributed by atoms with Crippen LogP contribution in [0.25, 0.3) is 0 Å². The van der Waals surface area contributed by atoms with Gasteiger partial charge in [-0.25, -0.2) is 13.1 Å². The van der Waals surface area contributed by atoms with Crippen molar-refractivity contribution in [3.8, 4) is 0 Å². The van der Waals surface area contributed by atoms with E-state index in [1.807, 2.05) is 23.6 Å². The van der Waals surface area contributed by atoms with E-state index >= 15 is 0 Å². The molecule has 1 aromatic heterocycles. The Labute approximate surface area is 145 Å². The Morgan fingerprint density at radius 2 is 2.08 bits per heavy atom. The lowest BCUT2D eigenvalue weighted by Crippen LogP contribution is -2.30. The van der Waals surface area contributed by atoms with Gasteiger partial charge in [-0.05, 0) is 54.0 Å². The number of benzene rings is 1. The van der Waals surface area contributed by atoms with Crippen molar-refractivity contribution in [1.29, 1.82) is 0 Å². The van der Waals surface area contributed by atoms with Crippen LogP contribution in [0.15, 0.2) is 40.6 Å². The SMILES string of the molecule is COC(=O)CC(NS(=O)(=O)c1ccc2c(c1)CCC2)c1cccs1. The summed E-state index contributed by atoms with van der Waals surface area (Å²) in [4.78, 5) is 12.7. The van der Waals surface area contributed by atoms with Gasteiger partial charge in [-0.15, -0.1) is 11.3 Å². The molecule has 0 saturated carbocycles. The number of carbonyl (C=O) groups is 1. The van der Waals surface area contributed by atoms with Gasteiger partial charge in [0.1, 0.15) is 0 Å². The first kappa shape index (κ1) is 17.1. The molecule has 5 nitrogen and oxygen atoms in total. The summed E-state index contributed by atoms with van der Waals surface area (Å²) in [5, 5.41) is 1.85. The van der Waals surface area contributed by atoms with Gasteiger partial charge in [0, 0.05) is 4.88 Å². The maximum Gasteiger partial charge on any atom is 0.307 e. The summed E-state index contributed by atoms with van der Waals surface area (Å²) in [5.41, 5.74) is 2.32. The first-order valence-corrected chi connectivity index (χ1v) is 10.1. The molecule has 0 saturated heterocycles. The fraction of sp³-hybridized carbons (Fsp3) is 0.353. The van der Waals surface area contributed by atoms with E-state index in [2.05, 4.69) is 4.72 Å². The molecule has 1 aliphatic rings. The van der Waals surface area contributed by atoms with Crippen LogP contribution in [0.1, 0.15) is 34.9 Å². The number of aryl methyl sites for hydroxylation is 2. The van der Waals surface area contributed by atoms with Crippen LogP contribution in [0.4, 0.5) is 0 Å². The second-order valence-corrected chi connectivity index (χ2v) is 8.45. The minimum absolute atomic E-state index is 0.0405. The number of hydrogen-bond acceptors (Lipinski definition) is 5. The van der Waals surface area contributed by atoms with E-state index in [0.717, 1.165) is 29.7 Å². The van der Waals surface area contributed by atoms with Gasteiger partial charge in [-0.1, -0.05) is 12.1 Å². The Morgan fingerprint density at radius 3 is 2.79 bits per heavy atom. The second kappa shape index (κ2) is 7.04. The molecule has 0 aliphatic heterocycles. The lowest BCUT2D eigenvalue weighted by Gasteiger charge is -2.17. The minimum atomic E-state index is -3.71. The molecule has 1 N–H and O–H groups in total. The van der Waals surface area contributed by atoms with E-state index in [1.165, 1.54) is 24.0 Å². The van der Waals surface area contributed by atoms with Crippen molar-refractivity contribution in [3.63, 3.8) is 0 Å². The monoisotopic (exact) mass is 365 g/mol. The lowest BCUT2D eigenvalue weighted by molar-refractivity contribution is -0.141. The molecule has 2 aromatic rings. The van der Waals surface area contributed by atoms with Gasteiger partial charge in [0.15, 0.2) is 0 Å². The Morgan fingerprint density at radius 1 is 1.29 bits per heavy atom. The molecule has 128 valence electrons. The molecule has 0 amide bonds. The molecule has 3 rings (SSSR count). The predicted molar refractivity (Wildman–Crippen MR) is 92.5 cm³/mol. The maximum absolute atomic E-state index is 12.7. The zero-order valence-electron chi connectivity index (χ0n) is 13.3. The highest BCUT2D eigenvalue weighted by atomic mass is 32.2. The fourth-order valence-corrected chi connectivity index (χ4v) is 5.03. The first-order valence-electron chi connectivity index (χ1n) is 7.74. The zero-order chi connectivity index (χ0) is 17.2. The van der Waals surface area contributed by atoms with Crippen LogP contribution in [-0.2, 0) is 32.4 Å². The molecule has 7 heteroatoms. The lowest BCUT2D eigenvalue weighted by atomic mass is 10.1. The molecule has 0 radical (unpaired) electrons.